The Morgan fingerprint density at radius 2 is 1.19 bits per heavy atom. The van der Waals surface area contributed by atoms with E-state index in [2.05, 4.69) is 27.9 Å². The first kappa shape index (κ1) is 26.8. The lowest BCUT2D eigenvalue weighted by Gasteiger charge is -2.46. The number of alkyl halides is 1. The molecule has 0 bridgehead atoms. The fourth-order valence-electron chi connectivity index (χ4n) is 4.24. The first-order valence-electron chi connectivity index (χ1n) is 12.1. The topological polar surface area (TPSA) is 66.0 Å². The quantitative estimate of drug-likeness (QED) is 0.247. The molecule has 0 aliphatic carbocycles. The van der Waals surface area contributed by atoms with Crippen molar-refractivity contribution in [2.24, 2.45) is 0 Å². The number of hydrogen-bond donors (Lipinski definition) is 1. The summed E-state index contributed by atoms with van der Waals surface area (Å²) in [5.41, 5.74) is 3.13. The molecule has 1 aliphatic heterocycles. The Morgan fingerprint density at radius 1 is 0.750 bits per heavy atom. The summed E-state index contributed by atoms with van der Waals surface area (Å²) in [6.45, 7) is 2.64. The van der Waals surface area contributed by atoms with E-state index in [1.807, 2.05) is 91.0 Å². The van der Waals surface area contributed by atoms with Crippen LogP contribution in [0.4, 0.5) is 0 Å². The lowest BCUT2D eigenvalue weighted by molar-refractivity contribution is -0.280. The van der Waals surface area contributed by atoms with Gasteiger partial charge in [0.15, 0.2) is 6.29 Å². The SMILES string of the molecule is CC(=O)N[C@H]1[C@@H](OCc2ccccc2)O[C@H](CI)[C@@H](OCc2ccccc2)[C@@H]1OCc1ccccc1. The van der Waals surface area contributed by atoms with E-state index in [0.717, 1.165) is 16.7 Å². The molecule has 1 amide bonds. The first-order valence-corrected chi connectivity index (χ1v) is 13.6. The van der Waals surface area contributed by atoms with Crippen LogP contribution in [-0.2, 0) is 43.6 Å². The molecule has 1 heterocycles. The Hall–Kier alpha value is -2.30. The van der Waals surface area contributed by atoms with Crippen LogP contribution in [0.15, 0.2) is 91.0 Å². The fraction of sp³-hybridized carbons (Fsp3) is 0.345. The van der Waals surface area contributed by atoms with Gasteiger partial charge in [0.05, 0.1) is 25.9 Å². The minimum absolute atomic E-state index is 0.181. The van der Waals surface area contributed by atoms with Crippen LogP contribution in [0, 0.1) is 0 Å². The second-order valence-electron chi connectivity index (χ2n) is 8.74. The Morgan fingerprint density at radius 3 is 1.64 bits per heavy atom. The standard InChI is InChI=1S/C29H32INO5/c1-21(32)31-26-28(34-19-23-13-7-3-8-14-23)27(33-18-22-11-5-2-6-12-22)25(17-30)36-29(26)35-20-24-15-9-4-10-16-24/h2-16,25-29H,17-20H2,1H3,(H,31,32)/t25-,26-,27-,28-,29+/m1/s1. The molecule has 1 aliphatic rings. The zero-order valence-corrected chi connectivity index (χ0v) is 22.5. The molecule has 3 aromatic rings. The molecule has 5 atom stereocenters. The van der Waals surface area contributed by atoms with Crippen molar-refractivity contribution in [3.8, 4) is 0 Å². The van der Waals surface area contributed by atoms with E-state index in [1.165, 1.54) is 6.92 Å². The predicted molar refractivity (Wildman–Crippen MR) is 146 cm³/mol. The molecule has 4 rings (SSSR count). The number of rotatable bonds is 11. The van der Waals surface area contributed by atoms with Crippen molar-refractivity contribution in [3.63, 3.8) is 0 Å². The van der Waals surface area contributed by atoms with Crippen molar-refractivity contribution >= 4 is 28.5 Å². The highest BCUT2D eigenvalue weighted by Crippen LogP contribution is 2.30. The van der Waals surface area contributed by atoms with Gasteiger partial charge in [-0.25, -0.2) is 0 Å². The average Bonchev–Trinajstić information content (AvgIpc) is 2.92. The van der Waals surface area contributed by atoms with Crippen LogP contribution in [-0.4, -0.2) is 41.0 Å². The maximum atomic E-state index is 12.3. The molecular formula is C29H32INO5. The second kappa shape index (κ2) is 13.9. The Labute approximate surface area is 226 Å². The zero-order chi connectivity index (χ0) is 25.2. The minimum atomic E-state index is -0.689. The Kier molecular flexibility index (Phi) is 10.3. The Balaban J connectivity index is 1.58. The van der Waals surface area contributed by atoms with Crippen LogP contribution >= 0.6 is 22.6 Å². The summed E-state index contributed by atoms with van der Waals surface area (Å²) in [5.74, 6) is -0.181. The summed E-state index contributed by atoms with van der Waals surface area (Å²) < 4.78 is 26.2. The van der Waals surface area contributed by atoms with Gasteiger partial charge in [0, 0.05) is 11.4 Å². The van der Waals surface area contributed by atoms with Gasteiger partial charge in [0.2, 0.25) is 5.91 Å². The van der Waals surface area contributed by atoms with Crippen LogP contribution in [0.5, 0.6) is 0 Å². The lowest BCUT2D eigenvalue weighted by atomic mass is 9.96. The second-order valence-corrected chi connectivity index (χ2v) is 9.62. The van der Waals surface area contributed by atoms with Crippen molar-refractivity contribution < 1.29 is 23.7 Å². The summed E-state index contributed by atoms with van der Waals surface area (Å²) >= 11 is 2.31. The van der Waals surface area contributed by atoms with E-state index in [4.69, 9.17) is 18.9 Å². The Bertz CT molecular complexity index is 1050. The van der Waals surface area contributed by atoms with Gasteiger partial charge < -0.3 is 24.3 Å². The van der Waals surface area contributed by atoms with Crippen molar-refractivity contribution in [1.82, 2.24) is 5.32 Å². The van der Waals surface area contributed by atoms with Gasteiger partial charge >= 0.3 is 0 Å². The first-order chi connectivity index (χ1) is 17.6. The molecule has 0 unspecified atom stereocenters. The molecular weight excluding hydrogens is 569 g/mol. The number of halogens is 1. The molecule has 0 radical (unpaired) electrons. The molecule has 7 heteroatoms. The highest BCUT2D eigenvalue weighted by Gasteiger charge is 2.48. The number of ether oxygens (including phenoxy) is 4. The van der Waals surface area contributed by atoms with Crippen LogP contribution in [0.1, 0.15) is 23.6 Å². The molecule has 190 valence electrons. The van der Waals surface area contributed by atoms with Crippen molar-refractivity contribution in [3.05, 3.63) is 108 Å². The zero-order valence-electron chi connectivity index (χ0n) is 20.3. The number of amides is 1. The van der Waals surface area contributed by atoms with Gasteiger partial charge in [-0.15, -0.1) is 0 Å². The molecule has 3 aromatic carbocycles. The predicted octanol–water partition coefficient (Wildman–Crippen LogP) is 5.04. The third kappa shape index (κ3) is 7.60. The number of hydrogen-bond acceptors (Lipinski definition) is 5. The summed E-state index contributed by atoms with van der Waals surface area (Å²) in [4.78, 5) is 12.3. The van der Waals surface area contributed by atoms with E-state index in [0.29, 0.717) is 24.2 Å². The molecule has 0 saturated carbocycles. The number of carbonyl (C=O) groups is 1. The molecule has 1 saturated heterocycles. The summed E-state index contributed by atoms with van der Waals surface area (Å²) in [6.07, 6.45) is -1.85. The van der Waals surface area contributed by atoms with Gasteiger partial charge in [-0.1, -0.05) is 114 Å². The number of carbonyl (C=O) groups excluding carboxylic acids is 1. The third-order valence-corrected chi connectivity index (χ3v) is 6.86. The largest absolute Gasteiger partial charge is 0.368 e. The minimum Gasteiger partial charge on any atom is -0.368 e. The van der Waals surface area contributed by atoms with E-state index in [-0.39, 0.29) is 12.0 Å². The van der Waals surface area contributed by atoms with Gasteiger partial charge in [-0.2, -0.15) is 0 Å². The maximum absolute atomic E-state index is 12.3. The summed E-state index contributed by atoms with van der Waals surface area (Å²) in [7, 11) is 0. The van der Waals surface area contributed by atoms with Crippen LogP contribution in [0.2, 0.25) is 0 Å². The highest BCUT2D eigenvalue weighted by atomic mass is 127. The highest BCUT2D eigenvalue weighted by molar-refractivity contribution is 14.1. The van der Waals surface area contributed by atoms with Crippen molar-refractivity contribution in [2.45, 2.75) is 57.4 Å². The van der Waals surface area contributed by atoms with E-state index in [9.17, 15) is 4.79 Å². The average molecular weight is 601 g/mol. The van der Waals surface area contributed by atoms with Gasteiger partial charge in [-0.3, -0.25) is 4.79 Å². The number of nitrogens with one attached hydrogen (secondary N) is 1. The van der Waals surface area contributed by atoms with Crippen LogP contribution in [0.25, 0.3) is 0 Å². The monoisotopic (exact) mass is 601 g/mol. The normalized spacial score (nSPS) is 23.8. The molecule has 0 spiro atoms. The van der Waals surface area contributed by atoms with E-state index < -0.39 is 24.5 Å². The molecule has 6 nitrogen and oxygen atoms in total. The lowest BCUT2D eigenvalue weighted by Crippen LogP contribution is -2.65. The van der Waals surface area contributed by atoms with Gasteiger partial charge in [0.1, 0.15) is 18.2 Å². The maximum Gasteiger partial charge on any atom is 0.217 e. The van der Waals surface area contributed by atoms with Crippen molar-refractivity contribution in [2.75, 3.05) is 4.43 Å². The third-order valence-electron chi connectivity index (χ3n) is 6.00. The van der Waals surface area contributed by atoms with E-state index >= 15 is 0 Å². The molecule has 1 fully saturated rings. The smallest absolute Gasteiger partial charge is 0.217 e. The summed E-state index contributed by atoms with van der Waals surface area (Å²) in [5, 5.41) is 3.03. The van der Waals surface area contributed by atoms with E-state index in [1.54, 1.807) is 0 Å². The van der Waals surface area contributed by atoms with Crippen molar-refractivity contribution in [1.29, 1.82) is 0 Å². The summed E-state index contributed by atoms with van der Waals surface area (Å²) in [6, 6.07) is 29.4. The van der Waals surface area contributed by atoms with Crippen LogP contribution in [0.3, 0.4) is 0 Å². The van der Waals surface area contributed by atoms with Crippen LogP contribution < -0.4 is 5.32 Å². The number of benzene rings is 3. The fourth-order valence-corrected chi connectivity index (χ4v) is 4.95. The van der Waals surface area contributed by atoms with Gasteiger partial charge in [0.25, 0.3) is 0 Å². The van der Waals surface area contributed by atoms with Gasteiger partial charge in [-0.05, 0) is 16.7 Å². The molecule has 0 aromatic heterocycles. The molecule has 36 heavy (non-hydrogen) atoms. The molecule has 1 N–H and O–H groups in total.